The molecule has 2 aromatic heterocycles. The van der Waals surface area contributed by atoms with E-state index in [-0.39, 0.29) is 0 Å². The molecule has 4 aromatic carbocycles. The molecule has 0 amide bonds. The van der Waals surface area contributed by atoms with Crippen molar-refractivity contribution in [2.45, 2.75) is 51.7 Å². The Bertz CT molecular complexity index is 1930. The fourth-order valence-electron chi connectivity index (χ4n) is 5.97. The van der Waals surface area contributed by atoms with Gasteiger partial charge in [0.15, 0.2) is 11.6 Å². The molecule has 0 spiro atoms. The Kier molecular flexibility index (Phi) is 5.49. The number of fused-ring (bicyclic) bond motifs is 4. The monoisotopic (exact) mass is 550 g/mol. The minimum atomic E-state index is -0.434. The second-order valence-corrected chi connectivity index (χ2v) is 12.4. The van der Waals surface area contributed by atoms with Crippen LogP contribution < -0.4 is 5.46 Å². The molecule has 0 saturated carbocycles. The highest BCUT2D eigenvalue weighted by Gasteiger charge is 2.51. The van der Waals surface area contributed by atoms with Gasteiger partial charge in [0.1, 0.15) is 0 Å². The second-order valence-electron chi connectivity index (χ2n) is 12.4. The van der Waals surface area contributed by atoms with E-state index in [1.54, 1.807) is 0 Å². The summed E-state index contributed by atoms with van der Waals surface area (Å²) >= 11 is 0. The van der Waals surface area contributed by atoms with Crippen molar-refractivity contribution in [3.05, 3.63) is 102 Å². The van der Waals surface area contributed by atoms with Gasteiger partial charge in [-0.25, -0.2) is 4.98 Å². The summed E-state index contributed by atoms with van der Waals surface area (Å²) in [5, 5.41) is 2.32. The lowest BCUT2D eigenvalue weighted by Crippen LogP contribution is -2.41. The van der Waals surface area contributed by atoms with Gasteiger partial charge in [0.25, 0.3) is 0 Å². The zero-order chi connectivity index (χ0) is 28.6. The first-order chi connectivity index (χ1) is 20.3. The molecule has 1 fully saturated rings. The standard InChI is InChI=1S/C35H31BN4O2/c1-34(2)35(3,4)42-36(41-34)26-17-18-29-28(21-26)27-19-24-15-16-25(24)20-30(27)40(29)33-38-31(22-11-7-5-8-12-22)37-32(39-33)23-13-9-6-10-14-23/h5-14,17-21H,15-16H2,1-4H3. The Morgan fingerprint density at radius 1 is 0.619 bits per heavy atom. The van der Waals surface area contributed by atoms with E-state index in [1.165, 1.54) is 16.5 Å². The molecule has 6 aromatic rings. The van der Waals surface area contributed by atoms with Crippen molar-refractivity contribution < 1.29 is 9.31 Å². The highest BCUT2D eigenvalue weighted by Crippen LogP contribution is 2.39. The van der Waals surface area contributed by atoms with E-state index in [9.17, 15) is 0 Å². The maximum absolute atomic E-state index is 6.42. The fourth-order valence-corrected chi connectivity index (χ4v) is 5.97. The van der Waals surface area contributed by atoms with Gasteiger partial charge in [-0.3, -0.25) is 4.57 Å². The number of nitrogens with zero attached hydrogens (tertiary/aromatic N) is 4. The van der Waals surface area contributed by atoms with Crippen molar-refractivity contribution in [1.82, 2.24) is 19.5 Å². The molecule has 2 aliphatic rings. The molecule has 0 atom stereocenters. The number of hydrogen-bond donors (Lipinski definition) is 0. The van der Waals surface area contributed by atoms with Crippen molar-refractivity contribution in [1.29, 1.82) is 0 Å². The molecule has 7 heteroatoms. The summed E-state index contributed by atoms with van der Waals surface area (Å²) in [6.07, 6.45) is 2.20. The summed E-state index contributed by atoms with van der Waals surface area (Å²) in [4.78, 5) is 15.1. The molecule has 1 saturated heterocycles. The lowest BCUT2D eigenvalue weighted by molar-refractivity contribution is 0.00578. The van der Waals surface area contributed by atoms with Crippen LogP contribution >= 0.6 is 0 Å². The van der Waals surface area contributed by atoms with Crippen LogP contribution in [0.2, 0.25) is 0 Å². The van der Waals surface area contributed by atoms with Crippen molar-refractivity contribution in [3.63, 3.8) is 0 Å². The molecule has 1 aliphatic heterocycles. The number of hydrogen-bond acceptors (Lipinski definition) is 5. The van der Waals surface area contributed by atoms with Gasteiger partial charge in [-0.2, -0.15) is 9.97 Å². The van der Waals surface area contributed by atoms with Crippen molar-refractivity contribution in [2.24, 2.45) is 0 Å². The molecule has 0 radical (unpaired) electrons. The molecule has 6 nitrogen and oxygen atoms in total. The zero-order valence-corrected chi connectivity index (χ0v) is 24.3. The highest BCUT2D eigenvalue weighted by molar-refractivity contribution is 6.62. The third kappa shape index (κ3) is 3.91. The van der Waals surface area contributed by atoms with Gasteiger partial charge in [-0.15, -0.1) is 0 Å². The normalized spacial score (nSPS) is 17.0. The zero-order valence-electron chi connectivity index (χ0n) is 24.3. The maximum atomic E-state index is 6.42. The lowest BCUT2D eigenvalue weighted by atomic mass is 9.78. The topological polar surface area (TPSA) is 62.1 Å². The highest BCUT2D eigenvalue weighted by atomic mass is 16.7. The number of aryl methyl sites for hydroxylation is 2. The average molecular weight is 550 g/mol. The molecule has 3 heterocycles. The molecule has 0 N–H and O–H groups in total. The van der Waals surface area contributed by atoms with Crippen LogP contribution in [0.5, 0.6) is 0 Å². The Morgan fingerprint density at radius 3 is 1.74 bits per heavy atom. The van der Waals surface area contributed by atoms with Crippen LogP contribution in [0.1, 0.15) is 38.8 Å². The van der Waals surface area contributed by atoms with Crippen molar-refractivity contribution in [2.75, 3.05) is 0 Å². The Hall–Kier alpha value is -4.33. The predicted octanol–water partition coefficient (Wildman–Crippen LogP) is 6.70. The van der Waals surface area contributed by atoms with Gasteiger partial charge < -0.3 is 9.31 Å². The fraction of sp³-hybridized carbons (Fsp3) is 0.229. The molecular formula is C35H31BN4O2. The first kappa shape index (κ1) is 25.4. The van der Waals surface area contributed by atoms with Crippen LogP contribution in [-0.4, -0.2) is 37.8 Å². The summed E-state index contributed by atoms with van der Waals surface area (Å²) in [5.41, 5.74) is 7.03. The molecule has 1 aliphatic carbocycles. The third-order valence-electron chi connectivity index (χ3n) is 9.19. The Balaban J connectivity index is 1.37. The average Bonchev–Trinajstić information content (AvgIpc) is 3.42. The maximum Gasteiger partial charge on any atom is 0.494 e. The predicted molar refractivity (Wildman–Crippen MR) is 168 cm³/mol. The summed E-state index contributed by atoms with van der Waals surface area (Å²) < 4.78 is 15.0. The van der Waals surface area contributed by atoms with Gasteiger partial charge in [-0.05, 0) is 75.3 Å². The van der Waals surface area contributed by atoms with Crippen molar-refractivity contribution >= 4 is 34.4 Å². The molecule has 8 rings (SSSR count). The van der Waals surface area contributed by atoms with E-state index < -0.39 is 18.3 Å². The van der Waals surface area contributed by atoms with Gasteiger partial charge in [-0.1, -0.05) is 72.8 Å². The summed E-state index contributed by atoms with van der Waals surface area (Å²) in [7, 11) is -0.434. The Morgan fingerprint density at radius 2 is 1.17 bits per heavy atom. The van der Waals surface area contributed by atoms with Crippen LogP contribution in [-0.2, 0) is 22.2 Å². The molecular weight excluding hydrogens is 519 g/mol. The van der Waals surface area contributed by atoms with E-state index in [2.05, 4.69) is 62.6 Å². The molecule has 42 heavy (non-hydrogen) atoms. The SMILES string of the molecule is CC1(C)OB(c2ccc3c(c2)c2cc4c(cc2n3-c2nc(-c3ccccc3)nc(-c3ccccc3)n2)CC4)OC1(C)C. The quantitative estimate of drug-likeness (QED) is 0.229. The summed E-state index contributed by atoms with van der Waals surface area (Å²) in [6.45, 7) is 8.36. The van der Waals surface area contributed by atoms with E-state index in [4.69, 9.17) is 24.3 Å². The number of rotatable bonds is 4. The summed E-state index contributed by atoms with van der Waals surface area (Å²) in [5.74, 6) is 1.89. The Labute approximate surface area is 245 Å². The van der Waals surface area contributed by atoms with Crippen LogP contribution in [0, 0.1) is 0 Å². The largest absolute Gasteiger partial charge is 0.494 e. The van der Waals surface area contributed by atoms with Gasteiger partial charge in [0, 0.05) is 21.9 Å². The van der Waals surface area contributed by atoms with E-state index in [0.717, 1.165) is 45.9 Å². The smallest absolute Gasteiger partial charge is 0.399 e. The van der Waals surface area contributed by atoms with E-state index in [0.29, 0.717) is 17.6 Å². The van der Waals surface area contributed by atoms with Crippen LogP contribution in [0.3, 0.4) is 0 Å². The van der Waals surface area contributed by atoms with Crippen LogP contribution in [0.25, 0.3) is 50.5 Å². The lowest BCUT2D eigenvalue weighted by Gasteiger charge is -2.32. The van der Waals surface area contributed by atoms with E-state index >= 15 is 0 Å². The van der Waals surface area contributed by atoms with Crippen LogP contribution in [0.15, 0.2) is 91.0 Å². The molecule has 0 bridgehead atoms. The summed E-state index contributed by atoms with van der Waals surface area (Å²) in [6, 6.07) is 31.4. The third-order valence-corrected chi connectivity index (χ3v) is 9.19. The number of aromatic nitrogens is 4. The van der Waals surface area contributed by atoms with Crippen LogP contribution in [0.4, 0.5) is 0 Å². The van der Waals surface area contributed by atoms with Gasteiger partial charge >= 0.3 is 7.12 Å². The van der Waals surface area contributed by atoms with Gasteiger partial charge in [0.05, 0.1) is 22.2 Å². The minimum absolute atomic E-state index is 0.407. The molecule has 206 valence electrons. The first-order valence-corrected chi connectivity index (χ1v) is 14.6. The number of benzene rings is 4. The molecule has 0 unspecified atom stereocenters. The minimum Gasteiger partial charge on any atom is -0.399 e. The van der Waals surface area contributed by atoms with Gasteiger partial charge in [0.2, 0.25) is 5.95 Å². The second kappa shape index (κ2) is 9.09. The first-order valence-electron chi connectivity index (χ1n) is 14.6. The van der Waals surface area contributed by atoms with E-state index in [1.807, 2.05) is 60.7 Å². The van der Waals surface area contributed by atoms with Crippen molar-refractivity contribution in [3.8, 4) is 28.7 Å².